The Kier molecular flexibility index (Phi) is 9.50. The van der Waals surface area contributed by atoms with E-state index in [-0.39, 0.29) is 0 Å². The van der Waals surface area contributed by atoms with Crippen molar-refractivity contribution in [2.24, 2.45) is 0 Å². The van der Waals surface area contributed by atoms with Crippen LogP contribution in [0.15, 0.2) is 41.1 Å². The monoisotopic (exact) mass is 431 g/mol. The molecule has 8 heteroatoms. The second-order valence-electron chi connectivity index (χ2n) is 7.12. The third kappa shape index (κ3) is 7.96. The van der Waals surface area contributed by atoms with Crippen LogP contribution in [0.4, 0.5) is 5.82 Å². The second kappa shape index (κ2) is 12.1. The van der Waals surface area contributed by atoms with E-state index in [9.17, 15) is 9.59 Å². The van der Waals surface area contributed by atoms with Gasteiger partial charge in [0.15, 0.2) is 0 Å². The van der Waals surface area contributed by atoms with Crippen LogP contribution in [0.25, 0.3) is 11.1 Å². The van der Waals surface area contributed by atoms with E-state index in [0.717, 1.165) is 38.4 Å². The Morgan fingerprint density at radius 3 is 2.30 bits per heavy atom. The zero-order valence-electron chi connectivity index (χ0n) is 17.5. The number of piperazine rings is 1. The molecule has 0 aliphatic carbocycles. The molecule has 2 aromatic rings. The molecule has 0 aromatic carbocycles. The third-order valence-electron chi connectivity index (χ3n) is 4.70. The van der Waals surface area contributed by atoms with Crippen LogP contribution in [0, 0.1) is 0 Å². The highest BCUT2D eigenvalue weighted by Gasteiger charge is 2.17. The van der Waals surface area contributed by atoms with E-state index in [1.165, 1.54) is 29.7 Å². The number of aromatic nitrogens is 1. The first-order valence-corrected chi connectivity index (χ1v) is 10.9. The molecule has 3 heterocycles. The lowest BCUT2D eigenvalue weighted by atomic mass is 10.1. The van der Waals surface area contributed by atoms with E-state index in [1.807, 2.05) is 0 Å². The van der Waals surface area contributed by atoms with Crippen LogP contribution in [0.1, 0.15) is 25.5 Å². The van der Waals surface area contributed by atoms with Gasteiger partial charge < -0.3 is 20.0 Å². The smallest absolute Gasteiger partial charge is 0.328 e. The fraction of sp³-hybridized carbons (Fsp3) is 0.409. The van der Waals surface area contributed by atoms with Gasteiger partial charge in [0.25, 0.3) is 0 Å². The van der Waals surface area contributed by atoms with Gasteiger partial charge in [-0.2, -0.15) is 11.3 Å². The zero-order valence-corrected chi connectivity index (χ0v) is 18.3. The summed E-state index contributed by atoms with van der Waals surface area (Å²) in [6.45, 7) is 6.63. The van der Waals surface area contributed by atoms with E-state index in [0.29, 0.717) is 12.2 Å². The lowest BCUT2D eigenvalue weighted by molar-refractivity contribution is -0.134. The summed E-state index contributed by atoms with van der Waals surface area (Å²) in [7, 11) is 2.19. The summed E-state index contributed by atoms with van der Waals surface area (Å²) >= 11 is 1.76. The van der Waals surface area contributed by atoms with Crippen molar-refractivity contribution in [2.45, 2.75) is 26.2 Å². The molecule has 2 N–H and O–H groups in total. The van der Waals surface area contributed by atoms with Crippen LogP contribution in [-0.4, -0.2) is 65.3 Å². The number of pyridine rings is 1. The van der Waals surface area contributed by atoms with Gasteiger partial charge in [-0.3, -0.25) is 0 Å². The van der Waals surface area contributed by atoms with Crippen LogP contribution in [0.2, 0.25) is 0 Å². The number of carbonyl (C=O) groups is 2. The molecule has 1 aliphatic rings. The minimum absolute atomic E-state index is 0.558. The predicted molar refractivity (Wildman–Crippen MR) is 120 cm³/mol. The summed E-state index contributed by atoms with van der Waals surface area (Å²) in [5, 5.41) is 20.0. The quantitative estimate of drug-likeness (QED) is 0.647. The molecule has 0 atom stereocenters. The van der Waals surface area contributed by atoms with Crippen molar-refractivity contribution in [2.75, 3.05) is 38.1 Å². The van der Waals surface area contributed by atoms with Crippen molar-refractivity contribution >= 4 is 29.1 Å². The van der Waals surface area contributed by atoms with Crippen molar-refractivity contribution in [3.8, 4) is 11.1 Å². The maximum Gasteiger partial charge on any atom is 0.328 e. The van der Waals surface area contributed by atoms with Gasteiger partial charge in [-0.25, -0.2) is 14.6 Å². The number of unbranched alkanes of at least 4 members (excludes halogenated alkanes) is 1. The van der Waals surface area contributed by atoms with Gasteiger partial charge in [0.1, 0.15) is 5.82 Å². The first kappa shape index (κ1) is 23.6. The Bertz CT molecular complexity index is 828. The SMILES string of the molecule is CCCCc1cc(-c2ccsc2)cc(N2CCN(C)CC2)n1.O=C(O)C=CC(=O)O. The molecule has 0 spiro atoms. The molecule has 162 valence electrons. The van der Waals surface area contributed by atoms with Crippen molar-refractivity contribution in [3.63, 3.8) is 0 Å². The van der Waals surface area contributed by atoms with Crippen molar-refractivity contribution in [1.82, 2.24) is 9.88 Å². The minimum Gasteiger partial charge on any atom is -0.478 e. The number of thiophene rings is 1. The molecule has 0 saturated carbocycles. The summed E-state index contributed by atoms with van der Waals surface area (Å²) in [6, 6.07) is 6.75. The number of carboxylic acid groups (broad SMARTS) is 2. The van der Waals surface area contributed by atoms with E-state index in [4.69, 9.17) is 15.2 Å². The predicted octanol–water partition coefficient (Wildman–Crippen LogP) is 3.62. The highest BCUT2D eigenvalue weighted by Crippen LogP contribution is 2.27. The lowest BCUT2D eigenvalue weighted by Gasteiger charge is -2.33. The molecule has 1 fully saturated rings. The summed E-state index contributed by atoms with van der Waals surface area (Å²) < 4.78 is 0. The van der Waals surface area contributed by atoms with E-state index < -0.39 is 11.9 Å². The number of hydrogen-bond donors (Lipinski definition) is 2. The minimum atomic E-state index is -1.26. The van der Waals surface area contributed by atoms with Gasteiger partial charge in [-0.1, -0.05) is 13.3 Å². The Morgan fingerprint density at radius 1 is 1.10 bits per heavy atom. The summed E-state index contributed by atoms with van der Waals surface area (Å²) in [5.41, 5.74) is 3.87. The maximum atomic E-state index is 9.55. The average Bonchev–Trinajstić information content (AvgIpc) is 3.26. The normalized spacial score (nSPS) is 14.4. The van der Waals surface area contributed by atoms with Gasteiger partial charge >= 0.3 is 11.9 Å². The van der Waals surface area contributed by atoms with E-state index >= 15 is 0 Å². The molecular weight excluding hydrogens is 402 g/mol. The highest BCUT2D eigenvalue weighted by molar-refractivity contribution is 7.08. The number of carboxylic acids is 2. The molecule has 1 saturated heterocycles. The fourth-order valence-electron chi connectivity index (χ4n) is 2.99. The molecule has 0 unspecified atom stereocenters. The number of aryl methyl sites for hydroxylation is 1. The Hall–Kier alpha value is -2.71. The van der Waals surface area contributed by atoms with Crippen LogP contribution < -0.4 is 4.90 Å². The van der Waals surface area contributed by atoms with Crippen molar-refractivity contribution in [3.05, 3.63) is 46.8 Å². The van der Waals surface area contributed by atoms with Gasteiger partial charge in [0.05, 0.1) is 0 Å². The van der Waals surface area contributed by atoms with Crippen LogP contribution in [0.5, 0.6) is 0 Å². The van der Waals surface area contributed by atoms with E-state index in [2.05, 4.69) is 52.7 Å². The lowest BCUT2D eigenvalue weighted by Crippen LogP contribution is -2.44. The number of rotatable bonds is 7. The summed E-state index contributed by atoms with van der Waals surface area (Å²) in [4.78, 5) is 28.9. The van der Waals surface area contributed by atoms with Crippen molar-refractivity contribution < 1.29 is 19.8 Å². The maximum absolute atomic E-state index is 9.55. The van der Waals surface area contributed by atoms with Gasteiger partial charge in [-0.05, 0) is 60.0 Å². The third-order valence-corrected chi connectivity index (χ3v) is 5.38. The van der Waals surface area contributed by atoms with Crippen LogP contribution in [-0.2, 0) is 16.0 Å². The number of hydrogen-bond acceptors (Lipinski definition) is 6. The van der Waals surface area contributed by atoms with Crippen molar-refractivity contribution in [1.29, 1.82) is 0 Å². The standard InChI is InChI=1S/C18H25N3S.C4H4O4/c1-3-4-5-17-12-16(15-6-11-22-14-15)13-18(19-17)21-9-7-20(2)8-10-21;5-3(6)1-2-4(7)8/h6,11-14H,3-5,7-10H2,1-2H3;1-2H,(H,5,6)(H,7,8). The first-order valence-electron chi connectivity index (χ1n) is 10.00. The molecule has 0 amide bonds. The molecule has 1 aliphatic heterocycles. The first-order chi connectivity index (χ1) is 14.4. The number of nitrogens with zero attached hydrogens (tertiary/aromatic N) is 3. The van der Waals surface area contributed by atoms with Crippen LogP contribution >= 0.6 is 11.3 Å². The topological polar surface area (TPSA) is 94.0 Å². The molecule has 2 aromatic heterocycles. The zero-order chi connectivity index (χ0) is 21.9. The van der Waals surface area contributed by atoms with Gasteiger partial charge in [-0.15, -0.1) is 0 Å². The summed E-state index contributed by atoms with van der Waals surface area (Å²) in [5.74, 6) is -1.36. The molecule has 30 heavy (non-hydrogen) atoms. The van der Waals surface area contributed by atoms with Gasteiger partial charge in [0.2, 0.25) is 0 Å². The largest absolute Gasteiger partial charge is 0.478 e. The molecule has 0 radical (unpaired) electrons. The highest BCUT2D eigenvalue weighted by atomic mass is 32.1. The van der Waals surface area contributed by atoms with E-state index in [1.54, 1.807) is 11.3 Å². The Labute approximate surface area is 181 Å². The molecular formula is C22H29N3O4S. The number of aliphatic carboxylic acids is 2. The molecule has 0 bridgehead atoms. The molecule has 3 rings (SSSR count). The average molecular weight is 432 g/mol. The Morgan fingerprint density at radius 2 is 1.77 bits per heavy atom. The number of anilines is 1. The molecule has 7 nitrogen and oxygen atoms in total. The van der Waals surface area contributed by atoms with Gasteiger partial charge in [0, 0.05) is 44.0 Å². The summed E-state index contributed by atoms with van der Waals surface area (Å²) in [6.07, 6.45) is 4.62. The number of likely N-dealkylation sites (N-methyl/N-ethyl adjacent to an activating group) is 1. The van der Waals surface area contributed by atoms with Crippen LogP contribution in [0.3, 0.4) is 0 Å². The fourth-order valence-corrected chi connectivity index (χ4v) is 3.66. The second-order valence-corrected chi connectivity index (χ2v) is 7.90. The Balaban J connectivity index is 0.000000343.